The Balaban J connectivity index is 1.35. The van der Waals surface area contributed by atoms with E-state index in [1.165, 1.54) is 47.3 Å². The molecule has 0 amide bonds. The van der Waals surface area contributed by atoms with Gasteiger partial charge in [-0.05, 0) is 59.5 Å². The minimum atomic E-state index is -4.71. The monoisotopic (exact) mass is 446 g/mol. The Bertz CT molecular complexity index is 982. The highest BCUT2D eigenvalue weighted by atomic mass is 32.2. The molecule has 8 heteroatoms. The van der Waals surface area contributed by atoms with Gasteiger partial charge < -0.3 is 14.7 Å². The van der Waals surface area contributed by atoms with Crippen molar-refractivity contribution >= 4 is 23.3 Å². The summed E-state index contributed by atoms with van der Waals surface area (Å²) in [5, 5.41) is 10.6. The summed E-state index contributed by atoms with van der Waals surface area (Å²) in [6.07, 6.45) is -4.50. The summed E-state index contributed by atoms with van der Waals surface area (Å²) in [7, 11) is 0. The van der Waals surface area contributed by atoms with Crippen molar-refractivity contribution in [1.29, 1.82) is 0 Å². The number of para-hydroxylation sites is 2. The molecule has 4 rings (SSSR count). The van der Waals surface area contributed by atoms with Gasteiger partial charge in [0.25, 0.3) is 0 Å². The number of fused-ring (bicyclic) bond motifs is 2. The molecule has 0 fully saturated rings. The second-order valence-electron chi connectivity index (χ2n) is 7.17. The van der Waals surface area contributed by atoms with Gasteiger partial charge in [-0.2, -0.15) is 0 Å². The molecule has 31 heavy (non-hydrogen) atoms. The predicted molar refractivity (Wildman–Crippen MR) is 116 cm³/mol. The Morgan fingerprint density at radius 1 is 0.935 bits per heavy atom. The zero-order valence-corrected chi connectivity index (χ0v) is 17.3. The van der Waals surface area contributed by atoms with Gasteiger partial charge in [0.05, 0.1) is 12.6 Å². The number of rotatable bonds is 7. The first-order valence-corrected chi connectivity index (χ1v) is 10.6. The smallest absolute Gasteiger partial charge is 0.406 e. The van der Waals surface area contributed by atoms with Crippen LogP contribution in [0, 0.1) is 0 Å². The first-order chi connectivity index (χ1) is 14.9. The SMILES string of the molecule is OC(CNSc1ccc(OC(F)(F)F)cc1)CN1c2ccccc2Cc2ccccc21. The maximum absolute atomic E-state index is 12.2. The second-order valence-corrected chi connectivity index (χ2v) is 8.13. The second kappa shape index (κ2) is 9.21. The molecular weight excluding hydrogens is 425 g/mol. The third kappa shape index (κ3) is 5.52. The van der Waals surface area contributed by atoms with E-state index in [0.29, 0.717) is 13.1 Å². The Kier molecular flexibility index (Phi) is 6.41. The molecule has 1 unspecified atom stereocenters. The quantitative estimate of drug-likeness (QED) is 0.483. The highest BCUT2D eigenvalue weighted by molar-refractivity contribution is 7.97. The van der Waals surface area contributed by atoms with Crippen molar-refractivity contribution in [2.24, 2.45) is 0 Å². The molecule has 0 saturated heterocycles. The van der Waals surface area contributed by atoms with E-state index in [4.69, 9.17) is 0 Å². The van der Waals surface area contributed by atoms with E-state index in [9.17, 15) is 18.3 Å². The zero-order valence-electron chi connectivity index (χ0n) is 16.5. The van der Waals surface area contributed by atoms with E-state index in [0.717, 1.165) is 22.7 Å². The van der Waals surface area contributed by atoms with Crippen molar-refractivity contribution < 1.29 is 23.0 Å². The minimum Gasteiger partial charge on any atom is -0.406 e. The summed E-state index contributed by atoms with van der Waals surface area (Å²) in [6.45, 7) is 0.728. The van der Waals surface area contributed by atoms with Crippen LogP contribution >= 0.6 is 11.9 Å². The molecule has 3 aromatic carbocycles. The largest absolute Gasteiger partial charge is 0.573 e. The molecule has 1 aliphatic heterocycles. The molecule has 162 valence electrons. The Hall–Kier alpha value is -2.68. The lowest BCUT2D eigenvalue weighted by molar-refractivity contribution is -0.274. The van der Waals surface area contributed by atoms with Gasteiger partial charge >= 0.3 is 6.36 Å². The first-order valence-electron chi connectivity index (χ1n) is 9.76. The number of benzene rings is 3. The van der Waals surface area contributed by atoms with Crippen LogP contribution in [0.25, 0.3) is 0 Å². The Morgan fingerprint density at radius 2 is 1.52 bits per heavy atom. The first kappa shape index (κ1) is 21.5. The van der Waals surface area contributed by atoms with Crippen LogP contribution in [0.3, 0.4) is 0 Å². The molecule has 1 atom stereocenters. The molecule has 4 nitrogen and oxygen atoms in total. The van der Waals surface area contributed by atoms with Crippen molar-refractivity contribution in [2.45, 2.75) is 23.8 Å². The third-order valence-corrected chi connectivity index (χ3v) is 5.72. The lowest BCUT2D eigenvalue weighted by Crippen LogP contribution is -2.36. The standard InChI is InChI=1S/C23H21F3N2O2S/c24-23(25,26)30-19-9-11-20(12-10-19)31-27-14-18(29)15-28-21-7-3-1-5-16(21)13-17-6-2-4-8-22(17)28/h1-12,18,27,29H,13-15H2. The zero-order chi connectivity index (χ0) is 21.8. The fourth-order valence-corrected chi connectivity index (χ4v) is 4.30. The van der Waals surface area contributed by atoms with Crippen molar-refractivity contribution in [2.75, 3.05) is 18.0 Å². The number of hydrogen-bond donors (Lipinski definition) is 2. The maximum atomic E-state index is 12.2. The van der Waals surface area contributed by atoms with Gasteiger partial charge in [0.2, 0.25) is 0 Å². The van der Waals surface area contributed by atoms with Crippen molar-refractivity contribution in [3.63, 3.8) is 0 Å². The summed E-state index contributed by atoms with van der Waals surface area (Å²) in [6, 6.07) is 21.9. The van der Waals surface area contributed by atoms with Gasteiger partial charge in [-0.3, -0.25) is 4.72 Å². The van der Waals surface area contributed by atoms with Gasteiger partial charge in [0.15, 0.2) is 0 Å². The van der Waals surface area contributed by atoms with Crippen LogP contribution in [0.4, 0.5) is 24.5 Å². The Labute approximate surface area is 182 Å². The van der Waals surface area contributed by atoms with E-state index in [1.807, 2.05) is 24.3 Å². The molecule has 0 radical (unpaired) electrons. The summed E-state index contributed by atoms with van der Waals surface area (Å²) >= 11 is 1.24. The molecule has 0 saturated carbocycles. The third-order valence-electron chi connectivity index (χ3n) is 4.91. The number of nitrogens with one attached hydrogen (secondary N) is 1. The molecule has 1 aliphatic rings. The van der Waals surface area contributed by atoms with Gasteiger partial charge in [-0.1, -0.05) is 36.4 Å². The number of halogens is 3. The number of aliphatic hydroxyl groups excluding tert-OH is 1. The van der Waals surface area contributed by atoms with E-state index in [-0.39, 0.29) is 5.75 Å². The number of ether oxygens (including phenoxy) is 1. The van der Waals surface area contributed by atoms with Gasteiger partial charge in [-0.15, -0.1) is 13.2 Å². The van der Waals surface area contributed by atoms with Crippen molar-refractivity contribution in [3.05, 3.63) is 83.9 Å². The average Bonchev–Trinajstić information content (AvgIpc) is 2.74. The predicted octanol–water partition coefficient (Wildman–Crippen LogP) is 5.29. The topological polar surface area (TPSA) is 44.7 Å². The van der Waals surface area contributed by atoms with Crippen LogP contribution in [0.1, 0.15) is 11.1 Å². The van der Waals surface area contributed by atoms with Gasteiger partial charge in [0, 0.05) is 29.2 Å². The summed E-state index contributed by atoms with van der Waals surface area (Å²) in [5.74, 6) is -0.265. The summed E-state index contributed by atoms with van der Waals surface area (Å²) < 4.78 is 43.7. The van der Waals surface area contributed by atoms with Crippen LogP contribution in [0.2, 0.25) is 0 Å². The normalized spacial score (nSPS) is 14.0. The molecule has 0 aromatic heterocycles. The number of hydrogen-bond acceptors (Lipinski definition) is 5. The number of aliphatic hydroxyl groups is 1. The number of anilines is 2. The minimum absolute atomic E-state index is 0.265. The van der Waals surface area contributed by atoms with Crippen molar-refractivity contribution in [1.82, 2.24) is 4.72 Å². The molecule has 0 bridgehead atoms. The van der Waals surface area contributed by atoms with Crippen LogP contribution in [-0.4, -0.2) is 30.7 Å². The fourth-order valence-electron chi connectivity index (χ4n) is 3.58. The van der Waals surface area contributed by atoms with E-state index >= 15 is 0 Å². The van der Waals surface area contributed by atoms with E-state index < -0.39 is 12.5 Å². The van der Waals surface area contributed by atoms with Crippen LogP contribution in [0.15, 0.2) is 77.7 Å². The highest BCUT2D eigenvalue weighted by Crippen LogP contribution is 2.38. The van der Waals surface area contributed by atoms with Crippen LogP contribution < -0.4 is 14.4 Å². The molecular formula is C23H21F3N2O2S. The fraction of sp³-hybridized carbons (Fsp3) is 0.217. The number of alkyl halides is 3. The lowest BCUT2D eigenvalue weighted by Gasteiger charge is -2.34. The highest BCUT2D eigenvalue weighted by Gasteiger charge is 2.31. The molecule has 2 N–H and O–H groups in total. The summed E-state index contributed by atoms with van der Waals surface area (Å²) in [5.41, 5.74) is 4.62. The van der Waals surface area contributed by atoms with Crippen LogP contribution in [-0.2, 0) is 6.42 Å². The molecule has 3 aromatic rings. The molecule has 0 aliphatic carbocycles. The summed E-state index contributed by atoms with van der Waals surface area (Å²) in [4.78, 5) is 2.85. The molecule has 0 spiro atoms. The maximum Gasteiger partial charge on any atom is 0.573 e. The average molecular weight is 446 g/mol. The molecule has 1 heterocycles. The van der Waals surface area contributed by atoms with Crippen molar-refractivity contribution in [3.8, 4) is 5.75 Å². The van der Waals surface area contributed by atoms with E-state index in [1.54, 1.807) is 0 Å². The number of nitrogens with zero attached hydrogens (tertiary/aromatic N) is 1. The Morgan fingerprint density at radius 3 is 2.10 bits per heavy atom. The van der Waals surface area contributed by atoms with Gasteiger partial charge in [-0.25, -0.2) is 0 Å². The van der Waals surface area contributed by atoms with Crippen LogP contribution in [0.5, 0.6) is 5.75 Å². The van der Waals surface area contributed by atoms with Gasteiger partial charge in [0.1, 0.15) is 5.75 Å². The lowest BCUT2D eigenvalue weighted by atomic mass is 9.95. The number of β-amino-alcohol motifs (C(OH)–C–C–N with tert-alkyl or cyclic N) is 1. The van der Waals surface area contributed by atoms with E-state index in [2.05, 4.69) is 38.6 Å².